The Labute approximate surface area is 153 Å². The van der Waals surface area contributed by atoms with Gasteiger partial charge in [0, 0.05) is 25.0 Å². The standard InChI is InChI=1S/C17H19BrN4OS/c1-21(11-13-7-8-16(18)24-13)17(23)19-9-4-10-22-12-20-14-5-2-3-6-15(14)22/h2-3,5-8,12H,4,9-11H2,1H3,(H,19,23). The van der Waals surface area contributed by atoms with Crippen LogP contribution in [0.25, 0.3) is 11.0 Å². The third kappa shape index (κ3) is 4.15. The molecule has 2 heterocycles. The number of nitrogens with one attached hydrogen (secondary N) is 1. The van der Waals surface area contributed by atoms with Crippen LogP contribution in [-0.4, -0.2) is 34.1 Å². The van der Waals surface area contributed by atoms with E-state index >= 15 is 0 Å². The molecule has 0 aliphatic rings. The van der Waals surface area contributed by atoms with E-state index in [9.17, 15) is 4.79 Å². The summed E-state index contributed by atoms with van der Waals surface area (Å²) in [7, 11) is 1.81. The first kappa shape index (κ1) is 17.0. The number of urea groups is 1. The lowest BCUT2D eigenvalue weighted by atomic mass is 10.3. The largest absolute Gasteiger partial charge is 0.338 e. The molecule has 2 aromatic heterocycles. The van der Waals surface area contributed by atoms with Gasteiger partial charge < -0.3 is 14.8 Å². The Morgan fingerprint density at radius 1 is 1.33 bits per heavy atom. The zero-order chi connectivity index (χ0) is 16.9. The van der Waals surface area contributed by atoms with Crippen LogP contribution >= 0.6 is 27.3 Å². The average molecular weight is 407 g/mol. The molecule has 1 N–H and O–H groups in total. The Bertz CT molecular complexity index is 829. The molecule has 0 saturated carbocycles. The monoisotopic (exact) mass is 406 g/mol. The highest BCUT2D eigenvalue weighted by molar-refractivity contribution is 9.11. The Hall–Kier alpha value is -1.86. The van der Waals surface area contributed by atoms with Gasteiger partial charge in [-0.25, -0.2) is 9.78 Å². The average Bonchev–Trinajstić information content (AvgIpc) is 3.17. The minimum Gasteiger partial charge on any atom is -0.338 e. The summed E-state index contributed by atoms with van der Waals surface area (Å²) in [5.74, 6) is 0. The van der Waals surface area contributed by atoms with Gasteiger partial charge in [-0.2, -0.15) is 0 Å². The summed E-state index contributed by atoms with van der Waals surface area (Å²) in [5.41, 5.74) is 2.13. The van der Waals surface area contributed by atoms with Crippen LogP contribution in [-0.2, 0) is 13.1 Å². The highest BCUT2D eigenvalue weighted by Crippen LogP contribution is 2.22. The molecule has 0 saturated heterocycles. The minimum atomic E-state index is -0.0463. The Morgan fingerprint density at radius 2 is 2.17 bits per heavy atom. The molecular formula is C17H19BrN4OS. The highest BCUT2D eigenvalue weighted by atomic mass is 79.9. The molecule has 5 nitrogen and oxygen atoms in total. The molecule has 3 rings (SSSR count). The normalized spacial score (nSPS) is 10.9. The van der Waals surface area contributed by atoms with Crippen molar-refractivity contribution in [1.82, 2.24) is 19.8 Å². The van der Waals surface area contributed by atoms with Crippen LogP contribution in [0.3, 0.4) is 0 Å². The van der Waals surface area contributed by atoms with Crippen LogP contribution in [0.15, 0.2) is 46.5 Å². The summed E-state index contributed by atoms with van der Waals surface area (Å²) in [6.45, 7) is 2.10. The lowest BCUT2D eigenvalue weighted by Gasteiger charge is -2.17. The molecule has 24 heavy (non-hydrogen) atoms. The number of carbonyl (C=O) groups is 1. The summed E-state index contributed by atoms with van der Waals surface area (Å²) in [4.78, 5) is 19.3. The van der Waals surface area contributed by atoms with Crippen LogP contribution in [0.2, 0.25) is 0 Å². The van der Waals surface area contributed by atoms with Crippen LogP contribution in [0.4, 0.5) is 4.79 Å². The second-order valence-corrected chi connectivity index (χ2v) is 8.12. The molecule has 0 radical (unpaired) electrons. The summed E-state index contributed by atoms with van der Waals surface area (Å²) in [5, 5.41) is 2.97. The topological polar surface area (TPSA) is 50.2 Å². The molecule has 0 atom stereocenters. The van der Waals surface area contributed by atoms with Crippen molar-refractivity contribution in [3.8, 4) is 0 Å². The number of para-hydroxylation sites is 2. The van der Waals surface area contributed by atoms with Gasteiger partial charge >= 0.3 is 6.03 Å². The van der Waals surface area contributed by atoms with Crippen LogP contribution in [0, 0.1) is 0 Å². The van der Waals surface area contributed by atoms with Crippen molar-refractivity contribution in [2.24, 2.45) is 0 Å². The molecule has 126 valence electrons. The van der Waals surface area contributed by atoms with Crippen molar-refractivity contribution in [3.63, 3.8) is 0 Å². The Kier molecular flexibility index (Phi) is 5.52. The van der Waals surface area contributed by atoms with Gasteiger partial charge in [0.1, 0.15) is 0 Å². The van der Waals surface area contributed by atoms with Crippen molar-refractivity contribution in [2.75, 3.05) is 13.6 Å². The van der Waals surface area contributed by atoms with E-state index in [1.165, 1.54) is 0 Å². The van der Waals surface area contributed by atoms with E-state index in [0.717, 1.165) is 32.7 Å². The molecule has 2 amide bonds. The first-order chi connectivity index (χ1) is 11.6. The van der Waals surface area contributed by atoms with Gasteiger partial charge in [-0.15, -0.1) is 11.3 Å². The number of amides is 2. The van der Waals surface area contributed by atoms with Crippen LogP contribution in [0.5, 0.6) is 0 Å². The highest BCUT2D eigenvalue weighted by Gasteiger charge is 2.09. The third-order valence-electron chi connectivity index (χ3n) is 3.75. The minimum absolute atomic E-state index is 0.0463. The fraction of sp³-hybridized carbons (Fsp3) is 0.294. The fourth-order valence-corrected chi connectivity index (χ4v) is 4.05. The maximum atomic E-state index is 12.1. The first-order valence-corrected chi connectivity index (χ1v) is 9.37. The fourth-order valence-electron chi connectivity index (χ4n) is 2.51. The van der Waals surface area contributed by atoms with Gasteiger partial charge in [0.2, 0.25) is 0 Å². The number of carbonyl (C=O) groups excluding carboxylic acids is 1. The molecule has 1 aromatic carbocycles. The maximum Gasteiger partial charge on any atom is 0.317 e. The number of aromatic nitrogens is 2. The van der Waals surface area contributed by atoms with E-state index in [-0.39, 0.29) is 6.03 Å². The van der Waals surface area contributed by atoms with Gasteiger partial charge in [-0.05, 0) is 46.6 Å². The molecule has 0 spiro atoms. The second kappa shape index (κ2) is 7.81. The van der Waals surface area contributed by atoms with Crippen molar-refractivity contribution < 1.29 is 4.79 Å². The van der Waals surface area contributed by atoms with Crippen molar-refractivity contribution >= 4 is 44.3 Å². The number of rotatable bonds is 6. The van der Waals surface area contributed by atoms with Gasteiger partial charge in [-0.3, -0.25) is 0 Å². The van der Waals surface area contributed by atoms with Gasteiger partial charge in [0.25, 0.3) is 0 Å². The number of imidazole rings is 1. The smallest absolute Gasteiger partial charge is 0.317 e. The lowest BCUT2D eigenvalue weighted by molar-refractivity contribution is 0.207. The molecule has 0 unspecified atom stereocenters. The summed E-state index contributed by atoms with van der Waals surface area (Å²) in [6.07, 6.45) is 2.72. The number of benzene rings is 1. The predicted molar refractivity (Wildman–Crippen MR) is 101 cm³/mol. The quantitative estimate of drug-likeness (QED) is 0.626. The predicted octanol–water partition coefficient (Wildman–Crippen LogP) is 4.09. The van der Waals surface area contributed by atoms with E-state index in [1.807, 2.05) is 43.7 Å². The Morgan fingerprint density at radius 3 is 2.96 bits per heavy atom. The number of fused-ring (bicyclic) bond motifs is 1. The van der Waals surface area contributed by atoms with Gasteiger partial charge in [0.05, 0.1) is 27.7 Å². The Balaban J connectivity index is 1.43. The number of aryl methyl sites for hydroxylation is 1. The first-order valence-electron chi connectivity index (χ1n) is 7.76. The molecule has 0 aliphatic carbocycles. The SMILES string of the molecule is CN(Cc1ccc(Br)s1)C(=O)NCCCn1cnc2ccccc21. The number of hydrogen-bond acceptors (Lipinski definition) is 3. The van der Waals surface area contributed by atoms with E-state index in [0.29, 0.717) is 13.1 Å². The maximum absolute atomic E-state index is 12.1. The van der Waals surface area contributed by atoms with Crippen molar-refractivity contribution in [2.45, 2.75) is 19.5 Å². The molecule has 3 aromatic rings. The van der Waals surface area contributed by atoms with Crippen LogP contribution < -0.4 is 5.32 Å². The number of hydrogen-bond donors (Lipinski definition) is 1. The summed E-state index contributed by atoms with van der Waals surface area (Å²) in [6, 6.07) is 12.1. The molecule has 0 fully saturated rings. The van der Waals surface area contributed by atoms with E-state index in [2.05, 4.69) is 36.9 Å². The number of thiophene rings is 1. The summed E-state index contributed by atoms with van der Waals surface area (Å²) >= 11 is 5.08. The number of nitrogens with zero attached hydrogens (tertiary/aromatic N) is 3. The number of halogens is 1. The zero-order valence-electron chi connectivity index (χ0n) is 13.4. The second-order valence-electron chi connectivity index (χ2n) is 5.57. The van der Waals surface area contributed by atoms with E-state index < -0.39 is 0 Å². The van der Waals surface area contributed by atoms with E-state index in [1.54, 1.807) is 16.2 Å². The molecule has 0 bridgehead atoms. The van der Waals surface area contributed by atoms with Gasteiger partial charge in [0.15, 0.2) is 0 Å². The molecular weight excluding hydrogens is 388 g/mol. The van der Waals surface area contributed by atoms with E-state index in [4.69, 9.17) is 0 Å². The lowest BCUT2D eigenvalue weighted by Crippen LogP contribution is -2.37. The van der Waals surface area contributed by atoms with Crippen LogP contribution in [0.1, 0.15) is 11.3 Å². The molecule has 0 aliphatic heterocycles. The van der Waals surface area contributed by atoms with Crippen molar-refractivity contribution in [3.05, 3.63) is 51.4 Å². The third-order valence-corrected chi connectivity index (χ3v) is 5.36. The summed E-state index contributed by atoms with van der Waals surface area (Å²) < 4.78 is 3.20. The van der Waals surface area contributed by atoms with Crippen molar-refractivity contribution in [1.29, 1.82) is 0 Å². The van der Waals surface area contributed by atoms with Gasteiger partial charge in [-0.1, -0.05) is 12.1 Å². The molecule has 7 heteroatoms. The zero-order valence-corrected chi connectivity index (χ0v) is 15.8.